The number of rotatable bonds is 70. The molecule has 9 heteroatoms. The Morgan fingerprint density at radius 3 is 0.955 bits per heavy atom. The molecule has 0 spiro atoms. The molecule has 1 aliphatic heterocycles. The zero-order valence-corrected chi connectivity index (χ0v) is 58.5. The second-order valence-corrected chi connectivity index (χ2v) is 27.5. The van der Waals surface area contributed by atoms with Crippen molar-refractivity contribution in [1.29, 1.82) is 0 Å². The summed E-state index contributed by atoms with van der Waals surface area (Å²) >= 11 is 0. The lowest BCUT2D eigenvalue weighted by Crippen LogP contribution is -2.60. The van der Waals surface area contributed by atoms with Crippen LogP contribution in [-0.2, 0) is 14.3 Å². The van der Waals surface area contributed by atoms with Gasteiger partial charge in [0.2, 0.25) is 5.91 Å². The van der Waals surface area contributed by atoms with Crippen molar-refractivity contribution in [3.8, 4) is 0 Å². The number of hydrogen-bond donors (Lipinski definition) is 6. The highest BCUT2D eigenvalue weighted by molar-refractivity contribution is 5.76. The fraction of sp³-hybridized carbons (Fsp3) is 0.911. The Morgan fingerprint density at radius 1 is 0.375 bits per heavy atom. The lowest BCUT2D eigenvalue weighted by Gasteiger charge is -2.40. The van der Waals surface area contributed by atoms with E-state index in [4.69, 9.17) is 9.47 Å². The molecule has 1 fully saturated rings. The summed E-state index contributed by atoms with van der Waals surface area (Å²) in [5.41, 5.74) is 0. The van der Waals surface area contributed by atoms with E-state index in [2.05, 4.69) is 43.5 Å². The Hall–Kier alpha value is -1.59. The molecule has 88 heavy (non-hydrogen) atoms. The second-order valence-electron chi connectivity index (χ2n) is 27.5. The first-order chi connectivity index (χ1) is 43.3. The number of aliphatic hydroxyl groups is 5. The largest absolute Gasteiger partial charge is 0.394 e. The Bertz CT molecular complexity index is 1490. The predicted molar refractivity (Wildman–Crippen MR) is 378 cm³/mol. The van der Waals surface area contributed by atoms with Gasteiger partial charge < -0.3 is 40.3 Å². The lowest BCUT2D eigenvalue weighted by molar-refractivity contribution is -0.302. The van der Waals surface area contributed by atoms with E-state index in [0.717, 1.165) is 44.9 Å². The first kappa shape index (κ1) is 84.4. The summed E-state index contributed by atoms with van der Waals surface area (Å²) in [7, 11) is 0. The van der Waals surface area contributed by atoms with Crippen molar-refractivity contribution >= 4 is 5.91 Å². The molecule has 1 heterocycles. The average molecular weight is 1240 g/mol. The number of allylic oxidation sites excluding steroid dienone is 5. The summed E-state index contributed by atoms with van der Waals surface area (Å²) in [6, 6.07) is -0.828. The molecular formula is C79H151NO8. The highest BCUT2D eigenvalue weighted by Gasteiger charge is 2.44. The van der Waals surface area contributed by atoms with Crippen LogP contribution in [0.25, 0.3) is 0 Å². The van der Waals surface area contributed by atoms with Gasteiger partial charge in [-0.15, -0.1) is 0 Å². The SMILES string of the molecule is CCCCCCCCCCCCCCCC/C=C/CC/C=C/CC/C=C/C(O)C(COC1OC(CO)C(O)C(O)C1O)NC(=O)CCCCCCCCCCCCCCCCCCCCCCCCCCCCCCCCCCCCCCCCCCC. The lowest BCUT2D eigenvalue weighted by atomic mass is 9.99. The topological polar surface area (TPSA) is 149 Å². The Morgan fingerprint density at radius 2 is 0.648 bits per heavy atom. The molecule has 520 valence electrons. The number of nitrogens with one attached hydrogen (secondary N) is 1. The average Bonchev–Trinajstić information content (AvgIpc) is 3.70. The quantitative estimate of drug-likeness (QED) is 0.0261. The predicted octanol–water partition coefficient (Wildman–Crippen LogP) is 22.2. The number of ether oxygens (including phenoxy) is 2. The summed E-state index contributed by atoms with van der Waals surface area (Å²) in [5.74, 6) is -0.182. The molecule has 1 saturated heterocycles. The number of carbonyl (C=O) groups is 1. The zero-order valence-electron chi connectivity index (χ0n) is 58.5. The van der Waals surface area contributed by atoms with Crippen LogP contribution in [0.15, 0.2) is 36.5 Å². The molecule has 0 aromatic heterocycles. The maximum Gasteiger partial charge on any atom is 0.220 e. The van der Waals surface area contributed by atoms with Crippen molar-refractivity contribution in [2.24, 2.45) is 0 Å². The van der Waals surface area contributed by atoms with Crippen molar-refractivity contribution in [2.75, 3.05) is 13.2 Å². The monoisotopic (exact) mass is 1240 g/mol. The van der Waals surface area contributed by atoms with Crippen LogP contribution in [0.4, 0.5) is 0 Å². The fourth-order valence-corrected chi connectivity index (χ4v) is 12.8. The Labute approximate surface area is 546 Å². The summed E-state index contributed by atoms with van der Waals surface area (Å²) in [5, 5.41) is 54.8. The molecule has 6 N–H and O–H groups in total. The van der Waals surface area contributed by atoms with Crippen LogP contribution >= 0.6 is 0 Å². The fourth-order valence-electron chi connectivity index (χ4n) is 12.8. The second kappa shape index (κ2) is 68.3. The van der Waals surface area contributed by atoms with E-state index in [9.17, 15) is 30.3 Å². The third kappa shape index (κ3) is 56.0. The third-order valence-electron chi connectivity index (χ3n) is 18.9. The third-order valence-corrected chi connectivity index (χ3v) is 18.9. The minimum Gasteiger partial charge on any atom is -0.394 e. The summed E-state index contributed by atoms with van der Waals surface area (Å²) in [4.78, 5) is 13.1. The molecule has 0 aromatic carbocycles. The molecule has 0 radical (unpaired) electrons. The molecule has 0 saturated carbocycles. The molecule has 1 aliphatic rings. The first-order valence-electron chi connectivity index (χ1n) is 39.2. The van der Waals surface area contributed by atoms with Gasteiger partial charge in [-0.25, -0.2) is 0 Å². The minimum atomic E-state index is -1.58. The summed E-state index contributed by atoms with van der Waals surface area (Å²) in [6.45, 7) is 3.82. The molecule has 1 rings (SSSR count). The molecule has 1 amide bonds. The van der Waals surface area contributed by atoms with E-state index in [0.29, 0.717) is 6.42 Å². The molecule has 0 aliphatic carbocycles. The van der Waals surface area contributed by atoms with Crippen LogP contribution in [0.5, 0.6) is 0 Å². The van der Waals surface area contributed by atoms with Crippen molar-refractivity contribution in [3.05, 3.63) is 36.5 Å². The molecular weight excluding hydrogens is 1090 g/mol. The van der Waals surface area contributed by atoms with E-state index in [-0.39, 0.29) is 12.5 Å². The van der Waals surface area contributed by atoms with E-state index >= 15 is 0 Å². The van der Waals surface area contributed by atoms with E-state index < -0.39 is 49.5 Å². The highest BCUT2D eigenvalue weighted by Crippen LogP contribution is 2.24. The van der Waals surface area contributed by atoms with Gasteiger partial charge in [0.05, 0.1) is 25.4 Å². The van der Waals surface area contributed by atoms with E-state index in [1.54, 1.807) is 6.08 Å². The first-order valence-corrected chi connectivity index (χ1v) is 39.2. The van der Waals surface area contributed by atoms with Crippen LogP contribution in [0.1, 0.15) is 406 Å². The number of hydrogen-bond acceptors (Lipinski definition) is 8. The normalized spacial score (nSPS) is 18.0. The van der Waals surface area contributed by atoms with Gasteiger partial charge in [0.15, 0.2) is 6.29 Å². The van der Waals surface area contributed by atoms with Gasteiger partial charge in [-0.05, 0) is 44.9 Å². The van der Waals surface area contributed by atoms with E-state index in [1.165, 1.54) is 340 Å². The number of amides is 1. The van der Waals surface area contributed by atoms with Gasteiger partial charge in [-0.2, -0.15) is 0 Å². The van der Waals surface area contributed by atoms with Gasteiger partial charge in [0.1, 0.15) is 24.4 Å². The van der Waals surface area contributed by atoms with Crippen molar-refractivity contribution < 1.29 is 39.8 Å². The molecule has 0 aromatic rings. The van der Waals surface area contributed by atoms with Gasteiger partial charge in [-0.3, -0.25) is 4.79 Å². The van der Waals surface area contributed by atoms with Crippen molar-refractivity contribution in [1.82, 2.24) is 5.32 Å². The summed E-state index contributed by atoms with van der Waals surface area (Å²) in [6.07, 6.45) is 86.0. The molecule has 0 bridgehead atoms. The zero-order chi connectivity index (χ0) is 63.5. The Balaban J connectivity index is 2.05. The minimum absolute atomic E-state index is 0.182. The maximum atomic E-state index is 13.1. The molecule has 7 atom stereocenters. The van der Waals surface area contributed by atoms with Gasteiger partial charge in [0.25, 0.3) is 0 Å². The van der Waals surface area contributed by atoms with Gasteiger partial charge >= 0.3 is 0 Å². The van der Waals surface area contributed by atoms with Gasteiger partial charge in [0, 0.05) is 6.42 Å². The number of aliphatic hydroxyl groups excluding tert-OH is 5. The van der Waals surface area contributed by atoms with E-state index in [1.807, 2.05) is 6.08 Å². The van der Waals surface area contributed by atoms with Crippen molar-refractivity contribution in [3.63, 3.8) is 0 Å². The Kier molecular flexibility index (Phi) is 65.5. The molecule has 7 unspecified atom stereocenters. The number of carbonyl (C=O) groups excluding carboxylic acids is 1. The smallest absolute Gasteiger partial charge is 0.220 e. The van der Waals surface area contributed by atoms with Crippen molar-refractivity contribution in [2.45, 2.75) is 448 Å². The van der Waals surface area contributed by atoms with Crippen LogP contribution in [0.3, 0.4) is 0 Å². The number of unbranched alkanes of at least 4 members (excludes halogenated alkanes) is 56. The van der Waals surface area contributed by atoms with Gasteiger partial charge in [-0.1, -0.05) is 391 Å². The van der Waals surface area contributed by atoms with Crippen LogP contribution < -0.4 is 5.32 Å². The van der Waals surface area contributed by atoms with Crippen LogP contribution in [0.2, 0.25) is 0 Å². The molecule has 9 nitrogen and oxygen atoms in total. The van der Waals surface area contributed by atoms with Crippen LogP contribution in [0, 0.1) is 0 Å². The maximum absolute atomic E-state index is 13.1. The van der Waals surface area contributed by atoms with Crippen LogP contribution in [-0.4, -0.2) is 87.5 Å². The standard InChI is InChI=1S/C79H151NO8/c1-3-5-7-9-11-13-15-17-19-21-23-25-27-29-30-31-32-33-34-35-36-37-38-39-40-41-42-43-44-45-47-49-51-53-55-57-59-61-63-65-67-69-75(83)80-72(71-87-79-78(86)77(85)76(84)74(70-81)88-79)73(82)68-66-64-62-60-58-56-54-52-50-48-46-28-26-24-22-20-18-16-14-12-10-8-6-4-2/h50,52,58,60,66,68,72-74,76-79,81-82,84-86H,3-49,51,53-57,59,61-65,67,69-71H2,1-2H3,(H,80,83)/b52-50+,60-58+,68-66+. The summed E-state index contributed by atoms with van der Waals surface area (Å²) < 4.78 is 11.3. The highest BCUT2D eigenvalue weighted by atomic mass is 16.7.